The van der Waals surface area contributed by atoms with Gasteiger partial charge in [0, 0.05) is 9.58 Å². The van der Waals surface area contributed by atoms with E-state index in [4.69, 9.17) is 5.11 Å². The quantitative estimate of drug-likeness (QED) is 0.796. The third kappa shape index (κ3) is 1.86. The molecule has 2 aromatic rings. The molecule has 0 aliphatic rings. The van der Waals surface area contributed by atoms with Gasteiger partial charge in [0.25, 0.3) is 0 Å². The van der Waals surface area contributed by atoms with E-state index in [1.807, 2.05) is 6.08 Å². The molecule has 1 aromatic carbocycles. The molecule has 0 atom stereocenters. The highest BCUT2D eigenvalue weighted by Gasteiger charge is 1.98. The van der Waals surface area contributed by atoms with E-state index in [0.29, 0.717) is 0 Å². The summed E-state index contributed by atoms with van der Waals surface area (Å²) in [5.74, 6) is 0. The number of hydrogen-bond donors (Lipinski definition) is 1. The Kier molecular flexibility index (Phi) is 2.66. The maximum atomic E-state index is 8.66. The van der Waals surface area contributed by atoms with Gasteiger partial charge in [-0.3, -0.25) is 0 Å². The fraction of sp³-hybridized carbons (Fsp3) is 0.167. The van der Waals surface area contributed by atoms with Crippen LogP contribution in [0.15, 0.2) is 30.3 Å². The van der Waals surface area contributed by atoms with Crippen molar-refractivity contribution in [2.45, 2.75) is 6.92 Å². The van der Waals surface area contributed by atoms with E-state index in [1.165, 1.54) is 20.5 Å². The Bertz CT molecular complexity index is 468. The van der Waals surface area contributed by atoms with Crippen molar-refractivity contribution < 1.29 is 5.11 Å². The van der Waals surface area contributed by atoms with Crippen molar-refractivity contribution in [3.63, 3.8) is 0 Å². The van der Waals surface area contributed by atoms with Gasteiger partial charge in [0.2, 0.25) is 0 Å². The number of aryl methyl sites for hydroxylation is 1. The third-order valence-electron chi connectivity index (χ3n) is 2.08. The summed E-state index contributed by atoms with van der Waals surface area (Å²) in [5.41, 5.74) is 1.29. The normalized spacial score (nSPS) is 11.6. The summed E-state index contributed by atoms with van der Waals surface area (Å²) in [5, 5.41) is 9.95. The summed E-state index contributed by atoms with van der Waals surface area (Å²) in [6.07, 6.45) is 3.72. The first-order chi connectivity index (χ1) is 6.79. The van der Waals surface area contributed by atoms with E-state index in [0.717, 1.165) is 0 Å². The molecule has 72 valence electrons. The second-order valence-corrected chi connectivity index (χ2v) is 4.39. The largest absolute Gasteiger partial charge is 0.392 e. The molecule has 0 saturated carbocycles. The standard InChI is InChI=1S/C12H12OS/c1-9-4-5-12-10(7-9)8-11(14-12)3-2-6-13/h2-5,7-8,13H,6H2,1H3/b3-2+. The zero-order valence-corrected chi connectivity index (χ0v) is 8.84. The van der Waals surface area contributed by atoms with Gasteiger partial charge in [-0.15, -0.1) is 11.3 Å². The molecule has 2 rings (SSSR count). The summed E-state index contributed by atoms with van der Waals surface area (Å²) < 4.78 is 1.30. The highest BCUT2D eigenvalue weighted by Crippen LogP contribution is 2.27. The third-order valence-corrected chi connectivity index (χ3v) is 3.16. The minimum Gasteiger partial charge on any atom is -0.392 e. The lowest BCUT2D eigenvalue weighted by Gasteiger charge is -1.89. The number of thiophene rings is 1. The van der Waals surface area contributed by atoms with E-state index >= 15 is 0 Å². The first-order valence-electron chi connectivity index (χ1n) is 4.57. The van der Waals surface area contributed by atoms with Crippen LogP contribution in [0.3, 0.4) is 0 Å². The summed E-state index contributed by atoms with van der Waals surface area (Å²) >= 11 is 1.75. The highest BCUT2D eigenvalue weighted by molar-refractivity contribution is 7.19. The molecule has 1 nitrogen and oxygen atoms in total. The van der Waals surface area contributed by atoms with Gasteiger partial charge >= 0.3 is 0 Å². The number of benzene rings is 1. The average molecular weight is 204 g/mol. The van der Waals surface area contributed by atoms with Crippen molar-refractivity contribution in [2.24, 2.45) is 0 Å². The molecule has 14 heavy (non-hydrogen) atoms. The SMILES string of the molecule is Cc1ccc2sc(/C=C/CO)cc2c1. The van der Waals surface area contributed by atoms with Gasteiger partial charge in [-0.2, -0.15) is 0 Å². The molecule has 0 radical (unpaired) electrons. The van der Waals surface area contributed by atoms with Crippen LogP contribution in [-0.4, -0.2) is 11.7 Å². The van der Waals surface area contributed by atoms with E-state index in [1.54, 1.807) is 17.4 Å². The number of aliphatic hydroxyl groups excluding tert-OH is 1. The lowest BCUT2D eigenvalue weighted by Crippen LogP contribution is -1.68. The molecule has 0 aliphatic heterocycles. The topological polar surface area (TPSA) is 20.2 Å². The Morgan fingerprint density at radius 3 is 3.00 bits per heavy atom. The van der Waals surface area contributed by atoms with Gasteiger partial charge in [0.1, 0.15) is 0 Å². The van der Waals surface area contributed by atoms with Crippen LogP contribution in [0.4, 0.5) is 0 Å². The Labute approximate surface area is 87.3 Å². The number of aliphatic hydroxyl groups is 1. The van der Waals surface area contributed by atoms with Crippen molar-refractivity contribution in [2.75, 3.05) is 6.61 Å². The molecule has 1 aromatic heterocycles. The van der Waals surface area contributed by atoms with Crippen LogP contribution >= 0.6 is 11.3 Å². The molecular formula is C12H12OS. The van der Waals surface area contributed by atoms with Crippen LogP contribution in [0.1, 0.15) is 10.4 Å². The zero-order chi connectivity index (χ0) is 9.97. The predicted octanol–water partition coefficient (Wildman–Crippen LogP) is 3.22. The van der Waals surface area contributed by atoms with Crippen molar-refractivity contribution in [1.82, 2.24) is 0 Å². The summed E-state index contributed by atoms with van der Waals surface area (Å²) in [6, 6.07) is 8.60. The maximum Gasteiger partial charge on any atom is 0.0615 e. The highest BCUT2D eigenvalue weighted by atomic mass is 32.1. The second-order valence-electron chi connectivity index (χ2n) is 3.27. The molecule has 0 amide bonds. The van der Waals surface area contributed by atoms with Crippen LogP contribution in [0, 0.1) is 6.92 Å². The van der Waals surface area contributed by atoms with Crippen molar-refractivity contribution in [3.8, 4) is 0 Å². The van der Waals surface area contributed by atoms with Gasteiger partial charge < -0.3 is 5.11 Å². The van der Waals surface area contributed by atoms with Crippen molar-refractivity contribution in [3.05, 3.63) is 40.8 Å². The summed E-state index contributed by atoms with van der Waals surface area (Å²) in [4.78, 5) is 1.19. The first-order valence-corrected chi connectivity index (χ1v) is 5.39. The fourth-order valence-electron chi connectivity index (χ4n) is 1.43. The maximum absolute atomic E-state index is 8.66. The first kappa shape index (κ1) is 9.44. The summed E-state index contributed by atoms with van der Waals surface area (Å²) in [6.45, 7) is 2.20. The lowest BCUT2D eigenvalue weighted by atomic mass is 10.2. The van der Waals surface area contributed by atoms with Gasteiger partial charge in [-0.25, -0.2) is 0 Å². The van der Waals surface area contributed by atoms with Crippen LogP contribution in [0.2, 0.25) is 0 Å². The molecular weight excluding hydrogens is 192 g/mol. The molecule has 0 aliphatic carbocycles. The van der Waals surface area contributed by atoms with Gasteiger partial charge in [-0.1, -0.05) is 23.8 Å². The van der Waals surface area contributed by atoms with Gasteiger partial charge in [0.15, 0.2) is 0 Å². The van der Waals surface area contributed by atoms with Gasteiger partial charge in [0.05, 0.1) is 6.61 Å². The zero-order valence-electron chi connectivity index (χ0n) is 8.03. The van der Waals surface area contributed by atoms with E-state index in [2.05, 4.69) is 31.2 Å². The van der Waals surface area contributed by atoms with Crippen LogP contribution < -0.4 is 0 Å². The smallest absolute Gasteiger partial charge is 0.0615 e. The molecule has 1 heterocycles. The van der Waals surface area contributed by atoms with Crippen LogP contribution in [0.25, 0.3) is 16.2 Å². The molecule has 0 saturated heterocycles. The van der Waals surface area contributed by atoms with Gasteiger partial charge in [-0.05, 0) is 30.5 Å². The van der Waals surface area contributed by atoms with Crippen LogP contribution in [-0.2, 0) is 0 Å². The second kappa shape index (κ2) is 3.95. The molecule has 0 unspecified atom stereocenters. The molecule has 0 fully saturated rings. The Morgan fingerprint density at radius 1 is 1.36 bits per heavy atom. The monoisotopic (exact) mass is 204 g/mol. The van der Waals surface area contributed by atoms with Crippen molar-refractivity contribution >= 4 is 27.5 Å². The molecule has 0 bridgehead atoms. The van der Waals surface area contributed by atoms with Crippen LogP contribution in [0.5, 0.6) is 0 Å². The number of fused-ring (bicyclic) bond motifs is 1. The molecule has 0 spiro atoms. The van der Waals surface area contributed by atoms with E-state index in [-0.39, 0.29) is 6.61 Å². The minimum atomic E-state index is 0.104. The Hall–Kier alpha value is -1.12. The number of hydrogen-bond acceptors (Lipinski definition) is 2. The average Bonchev–Trinajstić information content (AvgIpc) is 2.56. The lowest BCUT2D eigenvalue weighted by molar-refractivity contribution is 0.343. The van der Waals surface area contributed by atoms with E-state index in [9.17, 15) is 0 Å². The molecule has 1 N–H and O–H groups in total. The number of rotatable bonds is 2. The van der Waals surface area contributed by atoms with Crippen molar-refractivity contribution in [1.29, 1.82) is 0 Å². The fourth-order valence-corrected chi connectivity index (χ4v) is 2.41. The Balaban J connectivity index is 2.46. The Morgan fingerprint density at radius 2 is 2.21 bits per heavy atom. The summed E-state index contributed by atoms with van der Waals surface area (Å²) in [7, 11) is 0. The van der Waals surface area contributed by atoms with E-state index < -0.39 is 0 Å². The minimum absolute atomic E-state index is 0.104. The molecule has 2 heteroatoms. The predicted molar refractivity (Wildman–Crippen MR) is 62.7 cm³/mol.